The Balaban J connectivity index is 0.00000204. The summed E-state index contributed by atoms with van der Waals surface area (Å²) < 4.78 is 9.87. The number of fused-ring (bicyclic) bond motifs is 3. The fraction of sp³-hybridized carbons (Fsp3) is 0.452. The summed E-state index contributed by atoms with van der Waals surface area (Å²) >= 11 is -2.98. The molecular weight excluding hydrogens is 534 g/mol. The minimum absolute atomic E-state index is 0. The molecular formula is C31H43Cl2Zr. The summed E-state index contributed by atoms with van der Waals surface area (Å²) in [6, 6.07) is 12.4. The molecule has 1 atom stereocenters. The van der Waals surface area contributed by atoms with Gasteiger partial charge in [-0.05, 0) is 0 Å². The third-order valence-corrected chi connectivity index (χ3v) is 18.1. The van der Waals surface area contributed by atoms with Gasteiger partial charge in [-0.2, -0.15) is 0 Å². The van der Waals surface area contributed by atoms with Gasteiger partial charge in [-0.15, -0.1) is 24.8 Å². The second kappa shape index (κ2) is 10.7. The molecule has 3 heteroatoms. The Hall–Kier alpha value is -0.747. The number of benzene rings is 2. The van der Waals surface area contributed by atoms with Crippen LogP contribution in [0.4, 0.5) is 0 Å². The van der Waals surface area contributed by atoms with E-state index >= 15 is 0 Å². The van der Waals surface area contributed by atoms with E-state index in [-0.39, 0.29) is 35.6 Å². The fourth-order valence-corrected chi connectivity index (χ4v) is 15.3. The molecule has 0 spiro atoms. The van der Waals surface area contributed by atoms with E-state index in [4.69, 9.17) is 4.21 Å². The molecule has 0 saturated heterocycles. The van der Waals surface area contributed by atoms with E-state index in [1.165, 1.54) is 44.8 Å². The third kappa shape index (κ3) is 5.48. The topological polar surface area (TPSA) is 0 Å². The van der Waals surface area contributed by atoms with Gasteiger partial charge in [-0.3, -0.25) is 0 Å². The van der Waals surface area contributed by atoms with Gasteiger partial charge in [0.15, 0.2) is 0 Å². The van der Waals surface area contributed by atoms with Gasteiger partial charge in [-0.1, -0.05) is 0 Å². The van der Waals surface area contributed by atoms with Crippen molar-refractivity contribution in [2.75, 3.05) is 0 Å². The van der Waals surface area contributed by atoms with Crippen LogP contribution in [0.2, 0.25) is 4.13 Å². The molecule has 1 unspecified atom stereocenters. The average Bonchev–Trinajstić information content (AvgIpc) is 3.37. The zero-order valence-electron chi connectivity index (χ0n) is 22.2. The van der Waals surface area contributed by atoms with Crippen molar-refractivity contribution in [1.82, 2.24) is 0 Å². The molecule has 2 aromatic rings. The van der Waals surface area contributed by atoms with Crippen molar-refractivity contribution in [2.45, 2.75) is 89.1 Å². The van der Waals surface area contributed by atoms with Crippen molar-refractivity contribution >= 4 is 32.3 Å². The van der Waals surface area contributed by atoms with Crippen molar-refractivity contribution in [3.05, 3.63) is 74.1 Å². The average molecular weight is 578 g/mol. The summed E-state index contributed by atoms with van der Waals surface area (Å²) in [7, 11) is 0. The maximum absolute atomic E-state index is 5.18. The molecule has 185 valence electrons. The molecule has 0 bridgehead atoms. The Kier molecular flexibility index (Phi) is 9.28. The van der Waals surface area contributed by atoms with Gasteiger partial charge in [0.25, 0.3) is 0 Å². The molecule has 0 aromatic heterocycles. The van der Waals surface area contributed by atoms with Crippen LogP contribution in [0.5, 0.6) is 0 Å². The number of unbranched alkanes of at least 4 members (excludes halogenated alkanes) is 1. The van der Waals surface area contributed by atoms with Crippen LogP contribution in [-0.4, -0.2) is 4.21 Å². The quantitative estimate of drug-likeness (QED) is 0.284. The third-order valence-electron chi connectivity index (χ3n) is 7.61. The normalized spacial score (nSPS) is 16.1. The standard InChI is InChI=1S/C21H25.C5H5.C4H9.CH2.2ClH.Zr/c1-20(2,3)16-9-7-14-11-15-8-10-17(21(4,5)6)13-19(15)18(14)12-16;1-2-4-5-3-1;1-3-4-2;;;;/h7,9-10,12-13H,11H2,1-6H3;1-3H,4H2;1,3-4H2,2H3;1H2;2*1H;. The first kappa shape index (κ1) is 29.5. The van der Waals surface area contributed by atoms with Crippen molar-refractivity contribution < 1.29 is 19.8 Å². The summed E-state index contributed by atoms with van der Waals surface area (Å²) in [6.07, 6.45) is 11.8. The molecule has 4 rings (SSSR count). The van der Waals surface area contributed by atoms with Gasteiger partial charge in [0.1, 0.15) is 0 Å². The molecule has 2 aromatic carbocycles. The molecule has 0 aliphatic heterocycles. The van der Waals surface area contributed by atoms with Crippen LogP contribution >= 0.6 is 24.8 Å². The molecule has 0 fully saturated rings. The number of halogens is 2. The van der Waals surface area contributed by atoms with Crippen LogP contribution in [0.3, 0.4) is 0 Å². The van der Waals surface area contributed by atoms with Crippen molar-refractivity contribution in [3.63, 3.8) is 0 Å². The van der Waals surface area contributed by atoms with Gasteiger partial charge in [0.2, 0.25) is 0 Å². The summed E-state index contributed by atoms with van der Waals surface area (Å²) in [5, 5.41) is 0. The molecule has 0 saturated carbocycles. The Morgan fingerprint density at radius 2 is 1.53 bits per heavy atom. The first-order valence-corrected chi connectivity index (χ1v) is 18.4. The number of hydrogen-bond donors (Lipinski definition) is 0. The Labute approximate surface area is 225 Å². The first-order chi connectivity index (χ1) is 14.9. The van der Waals surface area contributed by atoms with Crippen molar-refractivity contribution in [1.29, 1.82) is 0 Å². The Bertz CT molecular complexity index is 1150. The van der Waals surface area contributed by atoms with Crippen LogP contribution in [0.15, 0.2) is 51.8 Å². The zero-order valence-corrected chi connectivity index (χ0v) is 26.3. The van der Waals surface area contributed by atoms with E-state index in [9.17, 15) is 0 Å². The van der Waals surface area contributed by atoms with Gasteiger partial charge < -0.3 is 0 Å². The van der Waals surface area contributed by atoms with Crippen molar-refractivity contribution in [2.24, 2.45) is 0 Å². The molecule has 2 aliphatic carbocycles. The summed E-state index contributed by atoms with van der Waals surface area (Å²) in [4.78, 5) is 0. The molecule has 0 radical (unpaired) electrons. The fourth-order valence-electron chi connectivity index (χ4n) is 5.35. The summed E-state index contributed by atoms with van der Waals surface area (Å²) in [5.74, 6) is 0. The minimum atomic E-state index is -2.98. The van der Waals surface area contributed by atoms with Crippen LogP contribution in [0.25, 0.3) is 11.1 Å². The summed E-state index contributed by atoms with van der Waals surface area (Å²) in [6.45, 7) is 16.4. The van der Waals surface area contributed by atoms with Gasteiger partial charge in [0, 0.05) is 0 Å². The van der Waals surface area contributed by atoms with Gasteiger partial charge in [0.05, 0.1) is 0 Å². The summed E-state index contributed by atoms with van der Waals surface area (Å²) in [5.41, 5.74) is 9.30. The number of hydrogen-bond acceptors (Lipinski definition) is 0. The Morgan fingerprint density at radius 1 is 0.882 bits per heavy atom. The molecule has 0 nitrogen and oxygen atoms in total. The van der Waals surface area contributed by atoms with E-state index < -0.39 is 19.8 Å². The van der Waals surface area contributed by atoms with Crippen LogP contribution < -0.4 is 3.27 Å². The molecule has 0 heterocycles. The Morgan fingerprint density at radius 3 is 2.09 bits per heavy atom. The van der Waals surface area contributed by atoms with Gasteiger partial charge >= 0.3 is 202 Å². The van der Waals surface area contributed by atoms with E-state index in [1.54, 1.807) is 12.1 Å². The van der Waals surface area contributed by atoms with E-state index in [2.05, 4.69) is 97.0 Å². The van der Waals surface area contributed by atoms with Gasteiger partial charge in [-0.25, -0.2) is 0 Å². The zero-order chi connectivity index (χ0) is 23.3. The predicted molar refractivity (Wildman–Crippen MR) is 155 cm³/mol. The monoisotopic (exact) mass is 575 g/mol. The van der Waals surface area contributed by atoms with Crippen LogP contribution in [0, 0.1) is 0 Å². The van der Waals surface area contributed by atoms with E-state index in [0.717, 1.165) is 12.8 Å². The van der Waals surface area contributed by atoms with Crippen LogP contribution in [0.1, 0.15) is 90.0 Å². The maximum atomic E-state index is 5.18. The van der Waals surface area contributed by atoms with Crippen LogP contribution in [-0.2, 0) is 37.0 Å². The second-order valence-electron chi connectivity index (χ2n) is 12.1. The predicted octanol–water partition coefficient (Wildman–Crippen LogP) is 8.97. The molecule has 34 heavy (non-hydrogen) atoms. The van der Waals surface area contributed by atoms with E-state index in [1.807, 2.05) is 0 Å². The molecule has 0 N–H and O–H groups in total. The first-order valence-electron chi connectivity index (χ1n) is 12.5. The molecule has 0 amide bonds. The number of rotatable bonds is 5. The molecule has 2 aliphatic rings. The van der Waals surface area contributed by atoms with Crippen molar-refractivity contribution in [3.8, 4) is 11.1 Å². The SMILES string of the molecule is Cl.Cl.[CH2]=[Zr]([CH2]CCC)([C]1=CC=CC1)[c]1cc(C(C)(C)C)cc2c1Cc1ccc(C(C)(C)C)cc1-2. The second-order valence-corrected chi connectivity index (χ2v) is 21.6. The number of allylic oxidation sites excluding steroid dienone is 4. The van der Waals surface area contributed by atoms with E-state index in [0.29, 0.717) is 0 Å².